The minimum Gasteiger partial charge on any atom is -0.386 e. The van der Waals surface area contributed by atoms with E-state index in [-0.39, 0.29) is 17.0 Å². The van der Waals surface area contributed by atoms with Crippen LogP contribution in [0, 0.1) is 24.2 Å². The fourth-order valence-corrected chi connectivity index (χ4v) is 2.31. The first-order valence-electron chi connectivity index (χ1n) is 6.81. The number of rotatable bonds is 4. The van der Waals surface area contributed by atoms with Crippen molar-refractivity contribution in [2.75, 3.05) is 5.32 Å². The van der Waals surface area contributed by atoms with Gasteiger partial charge in [0.05, 0.1) is 22.9 Å². The number of amides is 1. The topological polar surface area (TPSA) is 99.2 Å². The van der Waals surface area contributed by atoms with Crippen LogP contribution >= 0.6 is 11.6 Å². The van der Waals surface area contributed by atoms with Gasteiger partial charge in [0.15, 0.2) is 5.92 Å². The lowest BCUT2D eigenvalue weighted by Gasteiger charge is -2.16. The second-order valence-electron chi connectivity index (χ2n) is 5.07. The molecule has 0 spiro atoms. The van der Waals surface area contributed by atoms with Gasteiger partial charge in [-0.1, -0.05) is 16.8 Å². The molecule has 0 aliphatic heterocycles. The van der Waals surface area contributed by atoms with Crippen LogP contribution in [0.25, 0.3) is 0 Å². The smallest absolute Gasteiger partial charge is 0.386 e. The van der Waals surface area contributed by atoms with E-state index in [1.807, 2.05) is 0 Å². The van der Waals surface area contributed by atoms with Crippen molar-refractivity contribution in [1.82, 2.24) is 5.16 Å². The van der Waals surface area contributed by atoms with Gasteiger partial charge in [-0.3, -0.25) is 4.79 Å². The van der Waals surface area contributed by atoms with Crippen LogP contribution in [0.15, 0.2) is 28.9 Å². The molecule has 10 heteroatoms. The molecule has 25 heavy (non-hydrogen) atoms. The van der Waals surface area contributed by atoms with Crippen LogP contribution in [0.2, 0.25) is 5.02 Å². The second-order valence-corrected chi connectivity index (χ2v) is 5.48. The zero-order valence-corrected chi connectivity index (χ0v) is 13.4. The molecule has 1 aromatic heterocycles. The number of carbonyl (C=O) groups is 1. The van der Waals surface area contributed by atoms with E-state index < -0.39 is 34.7 Å². The monoisotopic (exact) mass is 373 g/mol. The average Bonchev–Trinajstić information content (AvgIpc) is 2.94. The van der Waals surface area contributed by atoms with Crippen molar-refractivity contribution in [3.63, 3.8) is 0 Å². The number of halogens is 4. The Morgan fingerprint density at radius 3 is 2.68 bits per heavy atom. The Labute approximate surface area is 144 Å². The van der Waals surface area contributed by atoms with Crippen molar-refractivity contribution < 1.29 is 27.6 Å². The van der Waals surface area contributed by atoms with Gasteiger partial charge in [-0.2, -0.15) is 18.4 Å². The van der Waals surface area contributed by atoms with Crippen molar-refractivity contribution in [2.24, 2.45) is 5.92 Å². The summed E-state index contributed by atoms with van der Waals surface area (Å²) < 4.78 is 43.3. The maximum absolute atomic E-state index is 12.8. The molecule has 1 amide bonds. The van der Waals surface area contributed by atoms with E-state index in [2.05, 4.69) is 10.5 Å². The fourth-order valence-electron chi connectivity index (χ4n) is 2.08. The highest BCUT2D eigenvalue weighted by Crippen LogP contribution is 2.36. The summed E-state index contributed by atoms with van der Waals surface area (Å²) in [5.74, 6) is -2.35. The Balaban J connectivity index is 2.23. The highest BCUT2D eigenvalue weighted by atomic mass is 35.5. The van der Waals surface area contributed by atoms with Crippen LogP contribution in [0.4, 0.5) is 18.9 Å². The number of nitriles is 1. The molecular weight excluding hydrogens is 363 g/mol. The van der Waals surface area contributed by atoms with Crippen molar-refractivity contribution >= 4 is 23.2 Å². The molecular formula is C15H11ClF3N3O3. The molecule has 2 N–H and O–H groups in total. The SMILES string of the molecule is Cc1oncc1C(O)C(C#N)C(=O)Nc1ccc(Cl)c(C(F)(F)F)c1. The molecule has 0 saturated heterocycles. The Morgan fingerprint density at radius 2 is 2.16 bits per heavy atom. The number of hydrogen-bond donors (Lipinski definition) is 2. The third-order valence-electron chi connectivity index (χ3n) is 3.38. The Kier molecular flexibility index (Phi) is 5.35. The molecule has 1 aromatic carbocycles. The molecule has 0 bridgehead atoms. The van der Waals surface area contributed by atoms with Gasteiger partial charge in [0.2, 0.25) is 5.91 Å². The molecule has 0 aliphatic carbocycles. The van der Waals surface area contributed by atoms with Gasteiger partial charge < -0.3 is 14.9 Å². The van der Waals surface area contributed by atoms with Crippen molar-refractivity contribution in [3.8, 4) is 6.07 Å². The molecule has 132 valence electrons. The highest BCUT2D eigenvalue weighted by Gasteiger charge is 2.34. The minimum atomic E-state index is -4.70. The van der Waals surface area contributed by atoms with Gasteiger partial charge in [-0.05, 0) is 25.1 Å². The number of aromatic nitrogens is 1. The van der Waals surface area contributed by atoms with E-state index in [1.165, 1.54) is 6.92 Å². The Hall–Kier alpha value is -2.57. The van der Waals surface area contributed by atoms with Gasteiger partial charge >= 0.3 is 6.18 Å². The molecule has 6 nitrogen and oxygen atoms in total. The second kappa shape index (κ2) is 7.13. The van der Waals surface area contributed by atoms with E-state index in [1.54, 1.807) is 6.07 Å². The summed E-state index contributed by atoms with van der Waals surface area (Å²) in [6.45, 7) is 1.48. The lowest BCUT2D eigenvalue weighted by molar-refractivity contribution is -0.137. The molecule has 2 unspecified atom stereocenters. The molecule has 2 aromatic rings. The standard InChI is InChI=1S/C15H11ClF3N3O3/c1-7-10(6-21-25-7)13(23)9(5-20)14(24)22-8-2-3-12(16)11(4-8)15(17,18)19/h2-4,6,9,13,23H,1H3,(H,22,24). The van der Waals surface area contributed by atoms with E-state index in [4.69, 9.17) is 21.4 Å². The van der Waals surface area contributed by atoms with Gasteiger partial charge in [-0.15, -0.1) is 0 Å². The number of benzene rings is 1. The van der Waals surface area contributed by atoms with Crippen LogP contribution in [-0.2, 0) is 11.0 Å². The molecule has 2 atom stereocenters. The Bertz CT molecular complexity index is 829. The van der Waals surface area contributed by atoms with Crippen molar-refractivity contribution in [2.45, 2.75) is 19.2 Å². The van der Waals surface area contributed by atoms with Gasteiger partial charge in [-0.25, -0.2) is 0 Å². The number of anilines is 1. The summed E-state index contributed by atoms with van der Waals surface area (Å²) in [6, 6.07) is 4.39. The maximum atomic E-state index is 12.8. The van der Waals surface area contributed by atoms with Gasteiger partial charge in [0, 0.05) is 11.3 Å². The zero-order chi connectivity index (χ0) is 18.8. The number of carbonyl (C=O) groups excluding carboxylic acids is 1. The predicted molar refractivity (Wildman–Crippen MR) is 80.4 cm³/mol. The lowest BCUT2D eigenvalue weighted by atomic mass is 9.97. The van der Waals surface area contributed by atoms with E-state index in [0.29, 0.717) is 6.07 Å². The zero-order valence-electron chi connectivity index (χ0n) is 12.6. The van der Waals surface area contributed by atoms with E-state index in [9.17, 15) is 23.1 Å². The summed E-state index contributed by atoms with van der Waals surface area (Å²) in [5.41, 5.74) is -1.21. The summed E-state index contributed by atoms with van der Waals surface area (Å²) in [6.07, 6.45) is -5.10. The fraction of sp³-hybridized carbons (Fsp3) is 0.267. The summed E-state index contributed by atoms with van der Waals surface area (Å²) in [4.78, 5) is 12.2. The van der Waals surface area contributed by atoms with Crippen LogP contribution < -0.4 is 5.32 Å². The normalized spacial score (nSPS) is 13.8. The number of aliphatic hydroxyl groups is 1. The molecule has 0 fully saturated rings. The van der Waals surface area contributed by atoms with Crippen LogP contribution in [-0.4, -0.2) is 16.2 Å². The van der Waals surface area contributed by atoms with Crippen LogP contribution in [0.1, 0.15) is 23.0 Å². The molecule has 0 radical (unpaired) electrons. The number of nitrogens with one attached hydrogen (secondary N) is 1. The van der Waals surface area contributed by atoms with E-state index >= 15 is 0 Å². The predicted octanol–water partition coefficient (Wildman–Crippen LogP) is 3.47. The van der Waals surface area contributed by atoms with Crippen molar-refractivity contribution in [3.05, 3.63) is 46.3 Å². The number of hydrogen-bond acceptors (Lipinski definition) is 5. The first kappa shape index (κ1) is 18.8. The van der Waals surface area contributed by atoms with Gasteiger partial charge in [0.25, 0.3) is 0 Å². The average molecular weight is 374 g/mol. The third-order valence-corrected chi connectivity index (χ3v) is 3.71. The molecule has 0 aliphatic rings. The molecule has 0 saturated carbocycles. The summed E-state index contributed by atoms with van der Waals surface area (Å²) in [5, 5.41) is 24.4. The number of nitrogens with zero attached hydrogens (tertiary/aromatic N) is 2. The largest absolute Gasteiger partial charge is 0.417 e. The van der Waals surface area contributed by atoms with Crippen molar-refractivity contribution in [1.29, 1.82) is 5.26 Å². The quantitative estimate of drug-likeness (QED) is 0.855. The lowest BCUT2D eigenvalue weighted by Crippen LogP contribution is -2.27. The summed E-state index contributed by atoms with van der Waals surface area (Å²) in [7, 11) is 0. The Morgan fingerprint density at radius 1 is 1.48 bits per heavy atom. The number of aryl methyl sites for hydroxylation is 1. The first-order chi connectivity index (χ1) is 11.6. The molecule has 1 heterocycles. The van der Waals surface area contributed by atoms with E-state index in [0.717, 1.165) is 18.3 Å². The summed E-state index contributed by atoms with van der Waals surface area (Å²) >= 11 is 5.50. The van der Waals surface area contributed by atoms with Crippen LogP contribution in [0.3, 0.4) is 0 Å². The number of alkyl halides is 3. The third kappa shape index (κ3) is 4.10. The molecule has 2 rings (SSSR count). The van der Waals surface area contributed by atoms with Crippen LogP contribution in [0.5, 0.6) is 0 Å². The minimum absolute atomic E-state index is 0.133. The highest BCUT2D eigenvalue weighted by molar-refractivity contribution is 6.31. The maximum Gasteiger partial charge on any atom is 0.417 e. The number of aliphatic hydroxyl groups excluding tert-OH is 1. The first-order valence-corrected chi connectivity index (χ1v) is 7.19. The van der Waals surface area contributed by atoms with Gasteiger partial charge in [0.1, 0.15) is 11.9 Å².